The molecule has 0 aromatic carbocycles. The Morgan fingerprint density at radius 2 is 2.40 bits per heavy atom. The molecule has 1 aromatic rings. The zero-order valence-corrected chi connectivity index (χ0v) is 8.77. The summed E-state index contributed by atoms with van der Waals surface area (Å²) in [5.41, 5.74) is 0. The van der Waals surface area contributed by atoms with Crippen molar-refractivity contribution in [1.29, 1.82) is 5.41 Å². The van der Waals surface area contributed by atoms with Gasteiger partial charge in [0.15, 0.2) is 5.82 Å². The standard InChI is InChI=1S/C9H14N4O2/c1-5(10)13-4-3-7(14)8(13)9-11-6(2)12-15-9/h7-8,10,14H,3-4H2,1-2H3/t7-,8-/m0/s1. The molecule has 0 radical (unpaired) electrons. The molecule has 0 bridgehead atoms. The molecule has 15 heavy (non-hydrogen) atoms. The molecular formula is C9H14N4O2. The van der Waals surface area contributed by atoms with Crippen molar-refractivity contribution < 1.29 is 9.63 Å². The average Bonchev–Trinajstić information content (AvgIpc) is 2.71. The number of nitrogens with one attached hydrogen (secondary N) is 1. The van der Waals surface area contributed by atoms with Crippen LogP contribution in [0.15, 0.2) is 4.52 Å². The molecule has 2 atom stereocenters. The van der Waals surface area contributed by atoms with Gasteiger partial charge in [-0.05, 0) is 20.3 Å². The predicted molar refractivity (Wildman–Crippen MR) is 52.5 cm³/mol. The Bertz CT molecular complexity index is 376. The van der Waals surface area contributed by atoms with Gasteiger partial charge < -0.3 is 14.5 Å². The van der Waals surface area contributed by atoms with Crippen molar-refractivity contribution in [2.75, 3.05) is 6.54 Å². The maximum atomic E-state index is 9.80. The Labute approximate surface area is 87.4 Å². The highest BCUT2D eigenvalue weighted by Gasteiger charge is 2.38. The van der Waals surface area contributed by atoms with Gasteiger partial charge in [-0.2, -0.15) is 4.98 Å². The number of likely N-dealkylation sites (tertiary alicyclic amines) is 1. The van der Waals surface area contributed by atoms with Crippen molar-refractivity contribution in [3.05, 3.63) is 11.7 Å². The summed E-state index contributed by atoms with van der Waals surface area (Å²) in [5, 5.41) is 21.1. The van der Waals surface area contributed by atoms with E-state index in [1.54, 1.807) is 18.7 Å². The lowest BCUT2D eigenvalue weighted by Crippen LogP contribution is -2.31. The largest absolute Gasteiger partial charge is 0.390 e. The van der Waals surface area contributed by atoms with E-state index >= 15 is 0 Å². The van der Waals surface area contributed by atoms with E-state index in [4.69, 9.17) is 9.93 Å². The lowest BCUT2D eigenvalue weighted by atomic mass is 10.1. The molecule has 82 valence electrons. The van der Waals surface area contributed by atoms with Gasteiger partial charge in [0.1, 0.15) is 6.04 Å². The second kappa shape index (κ2) is 3.62. The number of hydrogen-bond donors (Lipinski definition) is 2. The summed E-state index contributed by atoms with van der Waals surface area (Å²) in [6.07, 6.45) is 0.0904. The third-order valence-electron chi connectivity index (χ3n) is 2.59. The number of aromatic nitrogens is 2. The summed E-state index contributed by atoms with van der Waals surface area (Å²) in [6, 6.07) is -0.358. The summed E-state index contributed by atoms with van der Waals surface area (Å²) in [4.78, 5) is 5.88. The average molecular weight is 210 g/mol. The number of aliphatic hydroxyl groups excluding tert-OH is 1. The Morgan fingerprint density at radius 3 is 2.93 bits per heavy atom. The van der Waals surface area contributed by atoms with Gasteiger partial charge in [-0.25, -0.2) is 0 Å². The summed E-state index contributed by atoms with van der Waals surface area (Å²) in [5.74, 6) is 1.35. The number of hydrogen-bond acceptors (Lipinski definition) is 5. The van der Waals surface area contributed by atoms with Crippen molar-refractivity contribution in [2.45, 2.75) is 32.4 Å². The first-order valence-corrected chi connectivity index (χ1v) is 4.89. The SMILES string of the molecule is CC(=N)N1CC[C@H](O)[C@H]1c1nc(C)no1. The molecule has 1 fully saturated rings. The molecule has 0 amide bonds. The highest BCUT2D eigenvalue weighted by Crippen LogP contribution is 2.31. The van der Waals surface area contributed by atoms with Crippen molar-refractivity contribution in [1.82, 2.24) is 15.0 Å². The molecule has 0 unspecified atom stereocenters. The van der Waals surface area contributed by atoms with Crippen molar-refractivity contribution >= 4 is 5.84 Å². The Hall–Kier alpha value is -1.43. The summed E-state index contributed by atoms with van der Waals surface area (Å²) in [7, 11) is 0. The topological polar surface area (TPSA) is 86.2 Å². The second-order valence-electron chi connectivity index (χ2n) is 3.76. The first-order chi connectivity index (χ1) is 7.09. The minimum Gasteiger partial charge on any atom is -0.390 e. The summed E-state index contributed by atoms with van der Waals surface area (Å²) >= 11 is 0. The van der Waals surface area contributed by atoms with Crippen LogP contribution < -0.4 is 0 Å². The molecule has 6 heteroatoms. The number of aryl methyl sites for hydroxylation is 1. The van der Waals surface area contributed by atoms with Crippen molar-refractivity contribution in [3.8, 4) is 0 Å². The monoisotopic (exact) mass is 210 g/mol. The Morgan fingerprint density at radius 1 is 1.67 bits per heavy atom. The number of rotatable bonds is 1. The molecule has 0 aliphatic carbocycles. The highest BCUT2D eigenvalue weighted by atomic mass is 16.5. The van der Waals surface area contributed by atoms with E-state index in [1.807, 2.05) is 0 Å². The zero-order chi connectivity index (χ0) is 11.0. The fraction of sp³-hybridized carbons (Fsp3) is 0.667. The molecule has 1 aromatic heterocycles. The minimum atomic E-state index is -0.537. The van der Waals surface area contributed by atoms with E-state index in [2.05, 4.69) is 10.1 Å². The van der Waals surface area contributed by atoms with Crippen LogP contribution in [0.4, 0.5) is 0 Å². The van der Waals surface area contributed by atoms with Crippen LogP contribution in [-0.2, 0) is 0 Å². The van der Waals surface area contributed by atoms with Gasteiger partial charge in [0, 0.05) is 6.54 Å². The van der Waals surface area contributed by atoms with Crippen LogP contribution in [0, 0.1) is 12.3 Å². The van der Waals surface area contributed by atoms with Crippen LogP contribution in [0.5, 0.6) is 0 Å². The third kappa shape index (κ3) is 1.72. The van der Waals surface area contributed by atoms with Gasteiger partial charge in [0.05, 0.1) is 11.9 Å². The Balaban J connectivity index is 2.28. The molecule has 0 saturated carbocycles. The van der Waals surface area contributed by atoms with Crippen molar-refractivity contribution in [2.24, 2.45) is 0 Å². The lowest BCUT2D eigenvalue weighted by Gasteiger charge is -2.23. The number of amidine groups is 1. The van der Waals surface area contributed by atoms with E-state index in [0.29, 0.717) is 30.5 Å². The fourth-order valence-corrected chi connectivity index (χ4v) is 1.88. The van der Waals surface area contributed by atoms with Gasteiger partial charge in [-0.15, -0.1) is 0 Å². The molecule has 1 saturated heterocycles. The smallest absolute Gasteiger partial charge is 0.252 e. The summed E-state index contributed by atoms with van der Waals surface area (Å²) in [6.45, 7) is 4.08. The maximum Gasteiger partial charge on any atom is 0.252 e. The zero-order valence-electron chi connectivity index (χ0n) is 8.77. The second-order valence-corrected chi connectivity index (χ2v) is 3.76. The Kier molecular flexibility index (Phi) is 2.44. The van der Waals surface area contributed by atoms with Crippen molar-refractivity contribution in [3.63, 3.8) is 0 Å². The maximum absolute atomic E-state index is 9.80. The third-order valence-corrected chi connectivity index (χ3v) is 2.59. The van der Waals surface area contributed by atoms with Crippen LogP contribution in [0.25, 0.3) is 0 Å². The van der Waals surface area contributed by atoms with E-state index < -0.39 is 6.10 Å². The van der Waals surface area contributed by atoms with Crippen LogP contribution in [-0.4, -0.2) is 38.6 Å². The minimum absolute atomic E-state index is 0.358. The van der Waals surface area contributed by atoms with E-state index in [1.165, 1.54) is 0 Å². The van der Waals surface area contributed by atoms with Gasteiger partial charge in [-0.1, -0.05) is 5.16 Å². The van der Waals surface area contributed by atoms with E-state index in [-0.39, 0.29) is 6.04 Å². The van der Waals surface area contributed by atoms with Gasteiger partial charge in [0.25, 0.3) is 5.89 Å². The fourth-order valence-electron chi connectivity index (χ4n) is 1.88. The quantitative estimate of drug-likeness (QED) is 0.520. The van der Waals surface area contributed by atoms with Gasteiger partial charge in [-0.3, -0.25) is 5.41 Å². The molecular weight excluding hydrogens is 196 g/mol. The molecule has 2 N–H and O–H groups in total. The number of nitrogens with zero attached hydrogens (tertiary/aromatic N) is 3. The van der Waals surface area contributed by atoms with Crippen LogP contribution in [0.1, 0.15) is 31.1 Å². The molecule has 2 heterocycles. The molecule has 1 aliphatic rings. The van der Waals surface area contributed by atoms with Crippen LogP contribution >= 0.6 is 0 Å². The molecule has 0 spiro atoms. The van der Waals surface area contributed by atoms with Crippen LogP contribution in [0.2, 0.25) is 0 Å². The predicted octanol–water partition coefficient (Wildman–Crippen LogP) is 0.483. The first kappa shape index (κ1) is 10.1. The lowest BCUT2D eigenvalue weighted by molar-refractivity contribution is 0.118. The van der Waals surface area contributed by atoms with Gasteiger partial charge in [0.2, 0.25) is 0 Å². The highest BCUT2D eigenvalue weighted by molar-refractivity contribution is 5.77. The summed E-state index contributed by atoms with van der Waals surface area (Å²) < 4.78 is 5.04. The first-order valence-electron chi connectivity index (χ1n) is 4.89. The molecule has 6 nitrogen and oxygen atoms in total. The number of aliphatic hydroxyl groups is 1. The van der Waals surface area contributed by atoms with E-state index in [0.717, 1.165) is 0 Å². The molecule has 2 rings (SSSR count). The molecule has 1 aliphatic heterocycles. The van der Waals surface area contributed by atoms with Crippen LogP contribution in [0.3, 0.4) is 0 Å². The van der Waals surface area contributed by atoms with Gasteiger partial charge >= 0.3 is 0 Å². The van der Waals surface area contributed by atoms with E-state index in [9.17, 15) is 5.11 Å². The normalized spacial score (nSPS) is 25.9.